The summed E-state index contributed by atoms with van der Waals surface area (Å²) in [7, 11) is 1.32. The maximum atomic E-state index is 11.0. The third kappa shape index (κ3) is 5.99. The van der Waals surface area contributed by atoms with Gasteiger partial charge in [0, 0.05) is 17.2 Å². The van der Waals surface area contributed by atoms with Gasteiger partial charge in [0.15, 0.2) is 0 Å². The van der Waals surface area contributed by atoms with E-state index < -0.39 is 24.3 Å². The Morgan fingerprint density at radius 2 is 1.57 bits per heavy atom. The van der Waals surface area contributed by atoms with Gasteiger partial charge in [0.1, 0.15) is 18.1 Å². The Kier molecular flexibility index (Phi) is 8.51. The van der Waals surface area contributed by atoms with Crippen LogP contribution in [0.15, 0.2) is 60.2 Å². The van der Waals surface area contributed by atoms with Gasteiger partial charge in [-0.2, -0.15) is 0 Å². The van der Waals surface area contributed by atoms with E-state index in [2.05, 4.69) is 0 Å². The molecule has 1 N–H and O–H groups in total. The van der Waals surface area contributed by atoms with Gasteiger partial charge < -0.3 is 23.9 Å². The number of carboxylic acid groups (broad SMARTS) is 1. The lowest BCUT2D eigenvalue weighted by atomic mass is 9.54. The van der Waals surface area contributed by atoms with Gasteiger partial charge >= 0.3 is 13.1 Å². The van der Waals surface area contributed by atoms with E-state index >= 15 is 0 Å². The molecule has 0 spiro atoms. The minimum absolute atomic E-state index is 0.298. The van der Waals surface area contributed by atoms with E-state index in [4.69, 9.17) is 35.5 Å². The lowest BCUT2D eigenvalue weighted by molar-refractivity contribution is -0.131. The van der Waals surface area contributed by atoms with Crippen molar-refractivity contribution >= 4 is 42.0 Å². The molecule has 4 aliphatic carbocycles. The summed E-state index contributed by atoms with van der Waals surface area (Å²) in [6.45, 7) is 8.48. The molecule has 1 aliphatic heterocycles. The predicted octanol–water partition coefficient (Wildman–Crippen LogP) is 7.69. The smallest absolute Gasteiger partial charge is 0.494 e. The number of methoxy groups -OCH3 is 1. The Morgan fingerprint density at radius 1 is 0.955 bits per heavy atom. The fourth-order valence-corrected chi connectivity index (χ4v) is 7.99. The molecular formula is C36H42BClO6. The van der Waals surface area contributed by atoms with Gasteiger partial charge in [0.25, 0.3) is 0 Å². The summed E-state index contributed by atoms with van der Waals surface area (Å²) < 4.78 is 25.0. The highest BCUT2D eigenvalue weighted by molar-refractivity contribution is 6.62. The van der Waals surface area contributed by atoms with Crippen LogP contribution in [0, 0.1) is 23.7 Å². The lowest BCUT2D eigenvalue weighted by Crippen LogP contribution is -2.41. The van der Waals surface area contributed by atoms with Gasteiger partial charge in [-0.25, -0.2) is 4.79 Å². The van der Waals surface area contributed by atoms with E-state index in [0.29, 0.717) is 29.2 Å². The predicted molar refractivity (Wildman–Crippen MR) is 175 cm³/mol. The summed E-state index contributed by atoms with van der Waals surface area (Å²) >= 11 is 7.18. The van der Waals surface area contributed by atoms with Crippen LogP contribution in [-0.2, 0) is 25.4 Å². The molecule has 0 radical (unpaired) electrons. The van der Waals surface area contributed by atoms with Gasteiger partial charge in [0.2, 0.25) is 0 Å². The second kappa shape index (κ2) is 12.1. The highest BCUT2D eigenvalue weighted by Crippen LogP contribution is 2.58. The van der Waals surface area contributed by atoms with Crippen LogP contribution in [0.2, 0.25) is 5.02 Å². The van der Waals surface area contributed by atoms with Crippen LogP contribution in [0.25, 0.3) is 11.8 Å². The topological polar surface area (TPSA) is 74.2 Å². The van der Waals surface area contributed by atoms with E-state index in [-0.39, 0.29) is 0 Å². The largest absolute Gasteiger partial charge is 0.496 e. The molecule has 2 aromatic carbocycles. The van der Waals surface area contributed by atoms with Crippen LogP contribution in [0.4, 0.5) is 0 Å². The summed E-state index contributed by atoms with van der Waals surface area (Å²) in [5.41, 5.74) is 4.15. The lowest BCUT2D eigenvalue weighted by Gasteiger charge is -2.51. The molecule has 0 amide bonds. The number of carbonyl (C=O) groups is 1. The molecule has 6 nitrogen and oxygen atoms in total. The van der Waals surface area contributed by atoms with Crippen LogP contribution < -0.4 is 10.2 Å². The zero-order valence-electron chi connectivity index (χ0n) is 26.3. The molecule has 0 unspecified atom stereocenters. The van der Waals surface area contributed by atoms with Crippen molar-refractivity contribution in [2.45, 2.75) is 77.6 Å². The fraction of sp³-hybridized carbons (Fsp3) is 0.472. The summed E-state index contributed by atoms with van der Waals surface area (Å²) in [6.07, 6.45) is 12.4. The van der Waals surface area contributed by atoms with Gasteiger partial charge in [-0.05, 0) is 106 Å². The van der Waals surface area contributed by atoms with Crippen molar-refractivity contribution in [3.05, 3.63) is 81.9 Å². The first-order valence-electron chi connectivity index (χ1n) is 15.7. The van der Waals surface area contributed by atoms with Crippen molar-refractivity contribution < 1.29 is 28.7 Å². The average Bonchev–Trinajstić information content (AvgIpc) is 3.19. The molecule has 1 saturated heterocycles. The van der Waals surface area contributed by atoms with Crippen molar-refractivity contribution in [2.75, 3.05) is 7.11 Å². The molecule has 5 aliphatic rings. The number of carboxylic acids is 1. The van der Waals surface area contributed by atoms with E-state index in [0.717, 1.165) is 45.8 Å². The number of benzene rings is 2. The summed E-state index contributed by atoms with van der Waals surface area (Å²) in [6, 6.07) is 12.0. The Morgan fingerprint density at radius 3 is 2.14 bits per heavy atom. The number of halogens is 1. The molecule has 1 heterocycles. The van der Waals surface area contributed by atoms with Gasteiger partial charge in [-0.15, -0.1) is 0 Å². The fourth-order valence-electron chi connectivity index (χ4n) is 7.67. The van der Waals surface area contributed by atoms with Crippen molar-refractivity contribution in [2.24, 2.45) is 23.7 Å². The molecule has 4 bridgehead atoms. The Bertz CT molecular complexity index is 1460. The van der Waals surface area contributed by atoms with Gasteiger partial charge in [-0.1, -0.05) is 60.2 Å². The summed E-state index contributed by atoms with van der Waals surface area (Å²) in [5, 5.41) is 9.50. The van der Waals surface area contributed by atoms with E-state index in [1.54, 1.807) is 13.2 Å². The van der Waals surface area contributed by atoms with Crippen LogP contribution in [-0.4, -0.2) is 36.5 Å². The maximum Gasteiger partial charge on any atom is 0.494 e. The molecule has 232 valence electrons. The molecule has 4 saturated carbocycles. The quantitative estimate of drug-likeness (QED) is 0.135. The van der Waals surface area contributed by atoms with Crippen LogP contribution >= 0.6 is 11.6 Å². The summed E-state index contributed by atoms with van der Waals surface area (Å²) in [5.74, 6) is 3.23. The first kappa shape index (κ1) is 31.0. The third-order valence-electron chi connectivity index (χ3n) is 10.4. The SMILES string of the molecule is COC(=C1C2CC3CC(C2)CC1C3)c1ccc(/C=C/C=C/C(=O)O)c(OCc2ccc(B3OC(C)(C)C(C)(C)O3)cc2)c1Cl. The number of ether oxygens (including phenoxy) is 2. The first-order chi connectivity index (χ1) is 21.0. The molecular weight excluding hydrogens is 575 g/mol. The highest BCUT2D eigenvalue weighted by Gasteiger charge is 2.51. The zero-order valence-corrected chi connectivity index (χ0v) is 27.0. The van der Waals surface area contributed by atoms with E-state index in [9.17, 15) is 4.79 Å². The van der Waals surface area contributed by atoms with Gasteiger partial charge in [0.05, 0.1) is 23.3 Å². The minimum Gasteiger partial charge on any atom is -0.496 e. The number of hydrogen-bond acceptors (Lipinski definition) is 5. The van der Waals surface area contributed by atoms with Crippen molar-refractivity contribution in [3.63, 3.8) is 0 Å². The standard InChI is InChI=1S/C36H42BClO6/c1-35(2)36(3,4)44-37(43-35)28-13-10-22(11-14-28)21-42-33-25(8-6-7-9-30(39)40)12-15-29(32(33)38)34(41-5)31-26-17-23-16-24(19-26)20-27(31)18-23/h6-15,23-24,26-27H,16-21H2,1-5H3,(H,39,40)/b8-6+,9-7+,34-31?. The second-order valence-electron chi connectivity index (χ2n) is 13.8. The molecule has 7 rings (SSSR count). The minimum atomic E-state index is -1.00. The van der Waals surface area contributed by atoms with Crippen LogP contribution in [0.5, 0.6) is 5.75 Å². The number of rotatable bonds is 9. The third-order valence-corrected chi connectivity index (χ3v) is 10.7. The van der Waals surface area contributed by atoms with Crippen LogP contribution in [0.1, 0.15) is 76.5 Å². The number of allylic oxidation sites excluding steroid dienone is 3. The van der Waals surface area contributed by atoms with Crippen LogP contribution in [0.3, 0.4) is 0 Å². The Labute approximate surface area is 266 Å². The monoisotopic (exact) mass is 616 g/mol. The normalized spacial score (nSPS) is 26.6. The molecule has 44 heavy (non-hydrogen) atoms. The van der Waals surface area contributed by atoms with Gasteiger partial charge in [-0.3, -0.25) is 0 Å². The van der Waals surface area contributed by atoms with E-state index in [1.165, 1.54) is 43.8 Å². The molecule has 2 aromatic rings. The zero-order chi connectivity index (χ0) is 31.2. The average molecular weight is 617 g/mol. The second-order valence-corrected chi connectivity index (χ2v) is 14.2. The Balaban J connectivity index is 1.28. The molecule has 5 fully saturated rings. The first-order valence-corrected chi connectivity index (χ1v) is 16.1. The highest BCUT2D eigenvalue weighted by atomic mass is 35.5. The Hall–Kier alpha value is -3.00. The molecule has 0 atom stereocenters. The number of hydrogen-bond donors (Lipinski definition) is 1. The summed E-state index contributed by atoms with van der Waals surface area (Å²) in [4.78, 5) is 11.0. The molecule has 8 heteroatoms. The maximum absolute atomic E-state index is 11.0. The van der Waals surface area contributed by atoms with Crippen molar-refractivity contribution in [1.82, 2.24) is 0 Å². The van der Waals surface area contributed by atoms with Crippen molar-refractivity contribution in [3.8, 4) is 5.75 Å². The van der Waals surface area contributed by atoms with Crippen molar-refractivity contribution in [1.29, 1.82) is 0 Å². The number of aliphatic carboxylic acids is 1. The van der Waals surface area contributed by atoms with E-state index in [1.807, 2.05) is 70.2 Å². The molecule has 0 aromatic heterocycles.